The fourth-order valence-corrected chi connectivity index (χ4v) is 5.48. The third kappa shape index (κ3) is 2.63. The zero-order valence-corrected chi connectivity index (χ0v) is 13.6. The van der Waals surface area contributed by atoms with Gasteiger partial charge in [-0.25, -0.2) is 0 Å². The van der Waals surface area contributed by atoms with Crippen LogP contribution < -0.4 is 4.74 Å². The highest BCUT2D eigenvalue weighted by molar-refractivity contribution is 5.77. The van der Waals surface area contributed by atoms with Gasteiger partial charge in [0.25, 0.3) is 0 Å². The Hall–Kier alpha value is -1.55. The van der Waals surface area contributed by atoms with Crippen molar-refractivity contribution in [2.75, 3.05) is 7.11 Å². The molecule has 5 rings (SSSR count). The third-order valence-electron chi connectivity index (χ3n) is 5.99. The Balaban J connectivity index is 1.44. The van der Waals surface area contributed by atoms with Crippen molar-refractivity contribution < 1.29 is 19.4 Å². The fraction of sp³-hybridized carbons (Fsp3) is 0.632. The maximum absolute atomic E-state index is 12.8. The average molecular weight is 316 g/mol. The second kappa shape index (κ2) is 5.23. The summed E-state index contributed by atoms with van der Waals surface area (Å²) in [5, 5.41) is 10.7. The zero-order chi connectivity index (χ0) is 16.1. The van der Waals surface area contributed by atoms with Crippen molar-refractivity contribution in [3.63, 3.8) is 0 Å². The molecular formula is C19H24O4. The van der Waals surface area contributed by atoms with E-state index in [4.69, 9.17) is 9.47 Å². The smallest absolute Gasteiger partial charge is 0.312 e. The maximum Gasteiger partial charge on any atom is 0.312 e. The summed E-state index contributed by atoms with van der Waals surface area (Å²) in [6.45, 7) is 0.290. The van der Waals surface area contributed by atoms with Crippen LogP contribution in [0.25, 0.3) is 0 Å². The Kier molecular flexibility index (Phi) is 3.41. The van der Waals surface area contributed by atoms with E-state index < -0.39 is 11.0 Å². The minimum atomic E-state index is -0.622. The summed E-state index contributed by atoms with van der Waals surface area (Å²) in [6, 6.07) is 7.58. The summed E-state index contributed by atoms with van der Waals surface area (Å²) in [5.74, 6) is 1.67. The zero-order valence-electron chi connectivity index (χ0n) is 13.6. The summed E-state index contributed by atoms with van der Waals surface area (Å²) in [4.78, 5) is 12.8. The van der Waals surface area contributed by atoms with Gasteiger partial charge in [-0.3, -0.25) is 4.79 Å². The van der Waals surface area contributed by atoms with Gasteiger partial charge in [-0.05, 0) is 68.1 Å². The van der Waals surface area contributed by atoms with Gasteiger partial charge in [0.2, 0.25) is 0 Å². The lowest BCUT2D eigenvalue weighted by atomic mass is 9.48. The molecule has 4 fully saturated rings. The van der Waals surface area contributed by atoms with Crippen LogP contribution in [0.15, 0.2) is 24.3 Å². The minimum absolute atomic E-state index is 0.110. The molecule has 1 aromatic rings. The predicted molar refractivity (Wildman–Crippen MR) is 84.9 cm³/mol. The molecule has 0 saturated heterocycles. The number of aliphatic hydroxyl groups is 1. The number of methoxy groups -OCH3 is 1. The molecule has 23 heavy (non-hydrogen) atoms. The molecule has 4 bridgehead atoms. The summed E-state index contributed by atoms with van der Waals surface area (Å²) in [7, 11) is 1.63. The van der Waals surface area contributed by atoms with Crippen LogP contribution in [0.4, 0.5) is 0 Å². The van der Waals surface area contributed by atoms with Gasteiger partial charge in [0.05, 0.1) is 18.1 Å². The molecule has 0 spiro atoms. The van der Waals surface area contributed by atoms with Crippen molar-refractivity contribution in [2.45, 2.75) is 50.7 Å². The Bertz CT molecular complexity index is 592. The fourth-order valence-electron chi connectivity index (χ4n) is 5.48. The molecule has 4 aliphatic rings. The van der Waals surface area contributed by atoms with E-state index in [2.05, 4.69) is 0 Å². The van der Waals surface area contributed by atoms with Crippen LogP contribution >= 0.6 is 0 Å². The number of rotatable bonds is 4. The highest BCUT2D eigenvalue weighted by Gasteiger charge is 2.60. The Labute approximate surface area is 136 Å². The molecule has 1 aromatic carbocycles. The number of ether oxygens (including phenoxy) is 2. The van der Waals surface area contributed by atoms with Gasteiger partial charge in [-0.2, -0.15) is 0 Å². The van der Waals surface area contributed by atoms with Gasteiger partial charge in [0.1, 0.15) is 12.4 Å². The van der Waals surface area contributed by atoms with Crippen LogP contribution in [0, 0.1) is 17.3 Å². The van der Waals surface area contributed by atoms with Gasteiger partial charge in [0.15, 0.2) is 0 Å². The standard InChI is InChI=1S/C19H24O4/c1-22-16-4-2-13(3-5-16)11-23-17(20)18-7-14-6-15(8-18)10-19(21,9-14)12-18/h2-5,14-15,21H,6-12H2,1H3. The molecule has 4 nitrogen and oxygen atoms in total. The number of carbonyl (C=O) groups excluding carboxylic acids is 1. The van der Waals surface area contributed by atoms with Gasteiger partial charge >= 0.3 is 5.97 Å². The molecule has 4 heteroatoms. The number of hydrogen-bond acceptors (Lipinski definition) is 4. The van der Waals surface area contributed by atoms with Gasteiger partial charge < -0.3 is 14.6 Å². The van der Waals surface area contributed by atoms with Crippen LogP contribution in [0.1, 0.15) is 44.1 Å². The van der Waals surface area contributed by atoms with Crippen LogP contribution in [-0.2, 0) is 16.1 Å². The molecule has 1 N–H and O–H groups in total. The first kappa shape index (κ1) is 15.0. The summed E-state index contributed by atoms with van der Waals surface area (Å²) >= 11 is 0. The second-order valence-corrected chi connectivity index (χ2v) is 7.89. The average Bonchev–Trinajstić information content (AvgIpc) is 2.50. The first-order valence-corrected chi connectivity index (χ1v) is 8.53. The molecule has 0 aromatic heterocycles. The van der Waals surface area contributed by atoms with Gasteiger partial charge in [-0.1, -0.05) is 12.1 Å². The second-order valence-electron chi connectivity index (χ2n) is 7.89. The molecule has 0 heterocycles. The van der Waals surface area contributed by atoms with Crippen molar-refractivity contribution in [1.29, 1.82) is 0 Å². The molecular weight excluding hydrogens is 292 g/mol. The lowest BCUT2D eigenvalue weighted by molar-refractivity contribution is -0.197. The minimum Gasteiger partial charge on any atom is -0.497 e. The maximum atomic E-state index is 12.8. The van der Waals surface area contributed by atoms with Crippen LogP contribution in [0.2, 0.25) is 0 Å². The van der Waals surface area contributed by atoms with E-state index in [0.717, 1.165) is 37.0 Å². The Morgan fingerprint density at radius 3 is 2.39 bits per heavy atom. The summed E-state index contributed by atoms with van der Waals surface area (Å²) < 4.78 is 10.8. The highest BCUT2D eigenvalue weighted by atomic mass is 16.5. The van der Waals surface area contributed by atoms with E-state index >= 15 is 0 Å². The number of hydrogen-bond donors (Lipinski definition) is 1. The normalized spacial score (nSPS) is 37.7. The van der Waals surface area contributed by atoms with Gasteiger partial charge in [0, 0.05) is 0 Å². The topological polar surface area (TPSA) is 55.8 Å². The lowest BCUT2D eigenvalue weighted by Crippen LogP contribution is -2.58. The predicted octanol–water partition coefficient (Wildman–Crippen LogP) is 3.07. The largest absolute Gasteiger partial charge is 0.497 e. The van der Waals surface area contributed by atoms with E-state index in [9.17, 15) is 9.90 Å². The molecule has 2 atom stereocenters. The first-order valence-electron chi connectivity index (χ1n) is 8.53. The van der Waals surface area contributed by atoms with E-state index in [1.54, 1.807) is 7.11 Å². The van der Waals surface area contributed by atoms with Crippen molar-refractivity contribution in [2.24, 2.45) is 17.3 Å². The lowest BCUT2D eigenvalue weighted by Gasteiger charge is -2.58. The summed E-state index contributed by atoms with van der Waals surface area (Å²) in [5.41, 5.74) is -0.100. The molecule has 0 aliphatic heterocycles. The van der Waals surface area contributed by atoms with Crippen molar-refractivity contribution in [3.05, 3.63) is 29.8 Å². The van der Waals surface area contributed by atoms with Crippen molar-refractivity contribution in [1.82, 2.24) is 0 Å². The van der Waals surface area contributed by atoms with Crippen LogP contribution in [0.3, 0.4) is 0 Å². The third-order valence-corrected chi connectivity index (χ3v) is 5.99. The Morgan fingerprint density at radius 1 is 1.17 bits per heavy atom. The van der Waals surface area contributed by atoms with E-state index in [0.29, 0.717) is 24.9 Å². The molecule has 124 valence electrons. The van der Waals surface area contributed by atoms with Crippen LogP contribution in [-0.4, -0.2) is 23.8 Å². The van der Waals surface area contributed by atoms with Crippen molar-refractivity contribution in [3.8, 4) is 5.75 Å². The van der Waals surface area contributed by atoms with E-state index in [1.807, 2.05) is 24.3 Å². The van der Waals surface area contributed by atoms with E-state index in [1.165, 1.54) is 6.42 Å². The van der Waals surface area contributed by atoms with Crippen LogP contribution in [0.5, 0.6) is 5.75 Å². The van der Waals surface area contributed by atoms with Crippen molar-refractivity contribution >= 4 is 5.97 Å². The molecule has 0 amide bonds. The monoisotopic (exact) mass is 316 g/mol. The molecule has 2 unspecified atom stereocenters. The molecule has 4 saturated carbocycles. The molecule has 0 radical (unpaired) electrons. The SMILES string of the molecule is COc1ccc(COC(=O)C23CC4CC(CC(O)(C4)C2)C3)cc1. The summed E-state index contributed by atoms with van der Waals surface area (Å²) in [6.07, 6.45) is 5.30. The van der Waals surface area contributed by atoms with Gasteiger partial charge in [-0.15, -0.1) is 0 Å². The first-order chi connectivity index (χ1) is 11.0. The highest BCUT2D eigenvalue weighted by Crippen LogP contribution is 2.62. The quantitative estimate of drug-likeness (QED) is 0.867. The Morgan fingerprint density at radius 2 is 1.83 bits per heavy atom. The molecule has 4 aliphatic carbocycles. The number of esters is 1. The van der Waals surface area contributed by atoms with E-state index in [-0.39, 0.29) is 5.97 Å². The number of carbonyl (C=O) groups is 1. The number of benzene rings is 1.